The predicted molar refractivity (Wildman–Crippen MR) is 110 cm³/mol. The lowest BCUT2D eigenvalue weighted by Gasteiger charge is -2.61. The number of furan rings is 1. The molecule has 0 radical (unpaired) electrons. The minimum absolute atomic E-state index is 0.0301. The molecular formula is C24H32O7. The van der Waals surface area contributed by atoms with Crippen LogP contribution in [0.25, 0.3) is 0 Å². The third kappa shape index (κ3) is 3.51. The van der Waals surface area contributed by atoms with Gasteiger partial charge in [-0.05, 0) is 48.6 Å². The summed E-state index contributed by atoms with van der Waals surface area (Å²) in [6.45, 7) is 7.49. The van der Waals surface area contributed by atoms with Crippen LogP contribution < -0.4 is 0 Å². The molecule has 3 fully saturated rings. The summed E-state index contributed by atoms with van der Waals surface area (Å²) in [7, 11) is 0. The van der Waals surface area contributed by atoms with Gasteiger partial charge in [0, 0.05) is 26.2 Å². The molecular weight excluding hydrogens is 400 g/mol. The summed E-state index contributed by atoms with van der Waals surface area (Å²) >= 11 is 0. The molecule has 1 saturated heterocycles. The Bertz CT molecular complexity index is 855. The summed E-state index contributed by atoms with van der Waals surface area (Å²) in [4.78, 5) is 37.6. The minimum atomic E-state index is -1.01. The van der Waals surface area contributed by atoms with Crippen molar-refractivity contribution in [1.29, 1.82) is 0 Å². The number of ketones is 1. The second-order valence-electron chi connectivity index (χ2n) is 9.86. The molecule has 2 heterocycles. The molecule has 0 bridgehead atoms. The highest BCUT2D eigenvalue weighted by atomic mass is 16.6. The Morgan fingerprint density at radius 1 is 1.26 bits per heavy atom. The number of epoxide rings is 1. The van der Waals surface area contributed by atoms with E-state index < -0.39 is 23.1 Å². The Labute approximate surface area is 182 Å². The molecule has 170 valence electrons. The second-order valence-corrected chi connectivity index (χ2v) is 9.86. The van der Waals surface area contributed by atoms with Crippen LogP contribution in [0, 0.1) is 22.7 Å². The Morgan fingerprint density at radius 2 is 2.00 bits per heavy atom. The molecule has 3 aliphatic rings. The second kappa shape index (κ2) is 7.76. The zero-order chi connectivity index (χ0) is 22.4. The van der Waals surface area contributed by atoms with E-state index in [1.54, 1.807) is 12.5 Å². The number of hydrogen-bond donors (Lipinski definition) is 0. The van der Waals surface area contributed by atoms with E-state index in [2.05, 4.69) is 13.8 Å². The number of Topliss-reactive ketones (excluding diaryl/α,β-unsaturated/α-hetero) is 1. The fourth-order valence-corrected chi connectivity index (χ4v) is 6.38. The molecule has 1 aromatic rings. The van der Waals surface area contributed by atoms with E-state index in [9.17, 15) is 14.4 Å². The number of esters is 2. The van der Waals surface area contributed by atoms with Crippen LogP contribution in [0.1, 0.15) is 58.9 Å². The van der Waals surface area contributed by atoms with E-state index in [4.69, 9.17) is 18.6 Å². The number of rotatable bonds is 6. The van der Waals surface area contributed by atoms with Crippen LogP contribution >= 0.6 is 0 Å². The summed E-state index contributed by atoms with van der Waals surface area (Å²) in [5.74, 6) is -0.953. The maximum atomic E-state index is 13.8. The van der Waals surface area contributed by atoms with Crippen LogP contribution in [0.15, 0.2) is 23.0 Å². The SMILES string of the molecule is CC(=O)OC[C@@]12C(=O)C[C@@H](C)[C@](C)(CCc3ccoc3)[C@H]1[C@@H](OC(C)=O)CC[C@]21CO1. The van der Waals surface area contributed by atoms with Crippen LogP contribution in [0.2, 0.25) is 0 Å². The van der Waals surface area contributed by atoms with Crippen LogP contribution in [-0.2, 0) is 35.0 Å². The lowest BCUT2D eigenvalue weighted by atomic mass is 9.42. The molecule has 7 heteroatoms. The molecule has 31 heavy (non-hydrogen) atoms. The van der Waals surface area contributed by atoms with Crippen molar-refractivity contribution < 1.29 is 33.0 Å². The van der Waals surface area contributed by atoms with Gasteiger partial charge in [0.2, 0.25) is 0 Å². The van der Waals surface area contributed by atoms with Crippen LogP contribution in [0.3, 0.4) is 0 Å². The van der Waals surface area contributed by atoms with Gasteiger partial charge in [0.1, 0.15) is 29.5 Å². The Kier molecular flexibility index (Phi) is 5.53. The first-order valence-electron chi connectivity index (χ1n) is 11.1. The third-order valence-corrected chi connectivity index (χ3v) is 8.22. The molecule has 7 nitrogen and oxygen atoms in total. The average Bonchev–Trinajstić information content (AvgIpc) is 3.28. The van der Waals surface area contributed by atoms with Crippen LogP contribution in [0.5, 0.6) is 0 Å². The molecule has 0 aromatic carbocycles. The van der Waals surface area contributed by atoms with Gasteiger partial charge in [-0.1, -0.05) is 13.8 Å². The zero-order valence-corrected chi connectivity index (χ0v) is 18.8. The lowest BCUT2D eigenvalue weighted by molar-refractivity contribution is -0.211. The summed E-state index contributed by atoms with van der Waals surface area (Å²) in [5, 5.41) is 0. The lowest BCUT2D eigenvalue weighted by Crippen LogP contribution is -2.69. The van der Waals surface area contributed by atoms with E-state index in [1.807, 2.05) is 6.07 Å². The van der Waals surface area contributed by atoms with Crippen LogP contribution in [0.4, 0.5) is 0 Å². The molecule has 1 aromatic heterocycles. The zero-order valence-electron chi connectivity index (χ0n) is 18.8. The van der Waals surface area contributed by atoms with Crippen molar-refractivity contribution >= 4 is 17.7 Å². The van der Waals surface area contributed by atoms with Gasteiger partial charge in [-0.15, -0.1) is 0 Å². The molecule has 6 atom stereocenters. The molecule has 4 rings (SSSR count). The number of carbonyl (C=O) groups is 3. The Balaban J connectivity index is 1.79. The van der Waals surface area contributed by atoms with Gasteiger partial charge in [-0.25, -0.2) is 0 Å². The highest BCUT2D eigenvalue weighted by Crippen LogP contribution is 2.67. The average molecular weight is 433 g/mol. The fourth-order valence-electron chi connectivity index (χ4n) is 6.38. The summed E-state index contributed by atoms with van der Waals surface area (Å²) in [5.41, 5.74) is -0.884. The predicted octanol–water partition coefficient (Wildman–Crippen LogP) is 3.49. The Hall–Kier alpha value is -2.15. The largest absolute Gasteiger partial charge is 0.472 e. The molecule has 0 N–H and O–H groups in total. The topological polar surface area (TPSA) is 95.3 Å². The van der Waals surface area contributed by atoms with E-state index in [1.165, 1.54) is 13.8 Å². The number of fused-ring (bicyclic) bond motifs is 2. The van der Waals surface area contributed by atoms with Crippen molar-refractivity contribution in [3.05, 3.63) is 24.2 Å². The van der Waals surface area contributed by atoms with Gasteiger partial charge in [0.15, 0.2) is 0 Å². The van der Waals surface area contributed by atoms with Gasteiger partial charge in [0.25, 0.3) is 0 Å². The Morgan fingerprint density at radius 3 is 2.58 bits per heavy atom. The molecule has 0 amide bonds. The molecule has 1 spiro atoms. The number of hydrogen-bond acceptors (Lipinski definition) is 7. The molecule has 2 aliphatic carbocycles. The first-order chi connectivity index (χ1) is 14.6. The highest BCUT2D eigenvalue weighted by molar-refractivity contribution is 5.89. The first kappa shape index (κ1) is 22.1. The minimum Gasteiger partial charge on any atom is -0.472 e. The quantitative estimate of drug-likeness (QED) is 0.501. The molecule has 2 saturated carbocycles. The highest BCUT2D eigenvalue weighted by Gasteiger charge is 2.76. The normalized spacial score (nSPS) is 39.1. The van der Waals surface area contributed by atoms with Crippen molar-refractivity contribution in [3.63, 3.8) is 0 Å². The maximum Gasteiger partial charge on any atom is 0.302 e. The van der Waals surface area contributed by atoms with E-state index in [-0.39, 0.29) is 35.6 Å². The number of carbonyl (C=O) groups excluding carboxylic acids is 3. The van der Waals surface area contributed by atoms with E-state index in [0.29, 0.717) is 25.9 Å². The third-order valence-electron chi connectivity index (χ3n) is 8.22. The summed E-state index contributed by atoms with van der Waals surface area (Å²) in [6.07, 6.45) is 6.18. The summed E-state index contributed by atoms with van der Waals surface area (Å²) in [6, 6.07) is 1.95. The van der Waals surface area contributed by atoms with E-state index in [0.717, 1.165) is 18.4 Å². The molecule has 1 aliphatic heterocycles. The van der Waals surface area contributed by atoms with Crippen molar-refractivity contribution in [2.24, 2.45) is 22.7 Å². The van der Waals surface area contributed by atoms with E-state index >= 15 is 0 Å². The van der Waals surface area contributed by atoms with Gasteiger partial charge in [-0.2, -0.15) is 0 Å². The van der Waals surface area contributed by atoms with Gasteiger partial charge in [-0.3, -0.25) is 14.4 Å². The van der Waals surface area contributed by atoms with Crippen molar-refractivity contribution in [1.82, 2.24) is 0 Å². The van der Waals surface area contributed by atoms with Crippen molar-refractivity contribution in [2.75, 3.05) is 13.2 Å². The standard InChI is InChI=1S/C24H32O7/c1-15-11-20(27)24(14-29-16(2)25)21(22(15,4)8-5-18-7-10-28-12-18)19(31-17(3)26)6-9-23(24)13-30-23/h7,10,12,15,19,21H,5-6,8-9,11,13-14H2,1-4H3/t15-,19+,21-,22+,23+,24-/m1/s1. The van der Waals surface area contributed by atoms with Gasteiger partial charge < -0.3 is 18.6 Å². The van der Waals surface area contributed by atoms with Crippen molar-refractivity contribution in [3.8, 4) is 0 Å². The smallest absolute Gasteiger partial charge is 0.302 e. The fraction of sp³-hybridized carbons (Fsp3) is 0.708. The first-order valence-corrected chi connectivity index (χ1v) is 11.1. The monoisotopic (exact) mass is 432 g/mol. The summed E-state index contributed by atoms with van der Waals surface area (Å²) < 4.78 is 22.6. The van der Waals surface area contributed by atoms with Crippen LogP contribution in [-0.4, -0.2) is 42.6 Å². The number of ether oxygens (including phenoxy) is 3. The number of aryl methyl sites for hydroxylation is 1. The van der Waals surface area contributed by atoms with Crippen molar-refractivity contribution in [2.45, 2.75) is 71.5 Å². The van der Waals surface area contributed by atoms with Gasteiger partial charge in [0.05, 0.1) is 19.1 Å². The maximum absolute atomic E-state index is 13.8. The molecule has 0 unspecified atom stereocenters. The van der Waals surface area contributed by atoms with Gasteiger partial charge >= 0.3 is 11.9 Å².